The number of aliphatic carboxylic acids is 1. The van der Waals surface area contributed by atoms with Crippen molar-refractivity contribution in [1.29, 1.82) is 0 Å². The highest BCUT2D eigenvalue weighted by Gasteiger charge is 2.49. The van der Waals surface area contributed by atoms with E-state index in [1.807, 2.05) is 6.07 Å². The normalized spacial score (nSPS) is 13.3. The number of aliphatic hydroxyl groups is 2. The summed E-state index contributed by atoms with van der Waals surface area (Å²) in [6, 6.07) is 8.76. The van der Waals surface area contributed by atoms with Crippen molar-refractivity contribution >= 4 is 53.8 Å². The lowest BCUT2D eigenvalue weighted by Gasteiger charge is -2.33. The van der Waals surface area contributed by atoms with Crippen LogP contribution in [-0.2, 0) is 9.53 Å². The standard InChI is InChI=1S/C10H11Br3O4.C3H4O2/c11-9(12,16-7-6-14)10(13,15)17-8-4-2-1-3-5-8;1-2-3(4)5/h1-5,14-15H,6-7H2;2H,1H2,(H,4,5). The number of aliphatic hydroxyl groups excluding tert-OH is 1. The number of alkyl halides is 3. The number of carbonyl (C=O) groups is 1. The first-order valence-corrected chi connectivity index (χ1v) is 8.17. The molecular formula is C13H15Br3O6. The van der Waals surface area contributed by atoms with Crippen LogP contribution >= 0.6 is 47.8 Å². The van der Waals surface area contributed by atoms with E-state index in [0.29, 0.717) is 5.75 Å². The number of hydrogen-bond donors (Lipinski definition) is 3. The molecule has 124 valence electrons. The van der Waals surface area contributed by atoms with Crippen LogP contribution in [0.25, 0.3) is 0 Å². The predicted molar refractivity (Wildman–Crippen MR) is 92.4 cm³/mol. The van der Waals surface area contributed by atoms with Gasteiger partial charge in [-0.3, -0.25) is 0 Å². The highest BCUT2D eigenvalue weighted by molar-refractivity contribution is 9.26. The minimum Gasteiger partial charge on any atom is -0.478 e. The van der Waals surface area contributed by atoms with E-state index in [9.17, 15) is 9.90 Å². The van der Waals surface area contributed by atoms with Crippen molar-refractivity contribution in [2.24, 2.45) is 0 Å². The second kappa shape index (κ2) is 10.3. The fraction of sp³-hybridized carbons (Fsp3) is 0.308. The number of halogens is 3. The van der Waals surface area contributed by atoms with Crippen LogP contribution in [0.4, 0.5) is 0 Å². The maximum atomic E-state index is 10.1. The highest BCUT2D eigenvalue weighted by Crippen LogP contribution is 2.44. The maximum Gasteiger partial charge on any atom is 0.327 e. The van der Waals surface area contributed by atoms with Crippen LogP contribution in [0.5, 0.6) is 5.75 Å². The SMILES string of the molecule is C=CC(=O)O.OCCOC(Br)(Br)C(O)(Br)Oc1ccccc1. The van der Waals surface area contributed by atoms with Crippen LogP contribution in [0.1, 0.15) is 0 Å². The van der Waals surface area contributed by atoms with Gasteiger partial charge in [0.1, 0.15) is 5.75 Å². The fourth-order valence-electron chi connectivity index (χ4n) is 0.967. The molecule has 1 rings (SSSR count). The molecule has 1 unspecified atom stereocenters. The number of ether oxygens (including phenoxy) is 2. The number of rotatable bonds is 7. The van der Waals surface area contributed by atoms with Crippen molar-refractivity contribution in [1.82, 2.24) is 0 Å². The molecule has 1 atom stereocenters. The first-order chi connectivity index (χ1) is 10.2. The van der Waals surface area contributed by atoms with E-state index in [2.05, 4.69) is 54.4 Å². The molecule has 0 bridgehead atoms. The van der Waals surface area contributed by atoms with E-state index < -0.39 is 14.1 Å². The molecule has 0 saturated carbocycles. The van der Waals surface area contributed by atoms with Gasteiger partial charge in [-0.25, -0.2) is 4.79 Å². The average molecular weight is 507 g/mol. The van der Waals surface area contributed by atoms with Gasteiger partial charge in [0.25, 0.3) is 3.42 Å². The molecule has 22 heavy (non-hydrogen) atoms. The third kappa shape index (κ3) is 8.25. The number of carboxylic acids is 1. The summed E-state index contributed by atoms with van der Waals surface area (Å²) in [5.41, 5.74) is 0. The zero-order valence-electron chi connectivity index (χ0n) is 11.3. The molecule has 0 radical (unpaired) electrons. The van der Waals surface area contributed by atoms with Gasteiger partial charge in [0.05, 0.1) is 13.2 Å². The summed E-state index contributed by atoms with van der Waals surface area (Å²) in [5, 5.41) is 26.4. The molecule has 0 aliphatic heterocycles. The Morgan fingerprint density at radius 3 is 2.18 bits per heavy atom. The Labute approximate surface area is 153 Å². The molecule has 0 aliphatic carbocycles. The van der Waals surface area contributed by atoms with Crippen LogP contribution in [0.15, 0.2) is 43.0 Å². The van der Waals surface area contributed by atoms with Crippen LogP contribution in [0.3, 0.4) is 0 Å². The Morgan fingerprint density at radius 2 is 1.77 bits per heavy atom. The van der Waals surface area contributed by atoms with Crippen molar-refractivity contribution < 1.29 is 29.6 Å². The lowest BCUT2D eigenvalue weighted by Crippen LogP contribution is -2.47. The van der Waals surface area contributed by atoms with Gasteiger partial charge in [-0.15, -0.1) is 0 Å². The molecule has 0 spiro atoms. The van der Waals surface area contributed by atoms with E-state index in [-0.39, 0.29) is 13.2 Å². The van der Waals surface area contributed by atoms with Gasteiger partial charge in [0.2, 0.25) is 0 Å². The van der Waals surface area contributed by atoms with Gasteiger partial charge < -0.3 is 24.8 Å². The van der Waals surface area contributed by atoms with E-state index in [4.69, 9.17) is 19.7 Å². The Kier molecular flexibility index (Phi) is 10.1. The summed E-state index contributed by atoms with van der Waals surface area (Å²) in [5.74, 6) is -0.521. The molecule has 1 aromatic carbocycles. The summed E-state index contributed by atoms with van der Waals surface area (Å²) in [6.45, 7) is 2.82. The second-order valence-corrected chi connectivity index (χ2v) is 7.98. The number of hydrogen-bond acceptors (Lipinski definition) is 5. The van der Waals surface area contributed by atoms with Crippen LogP contribution in [0, 0.1) is 0 Å². The molecule has 0 heterocycles. The summed E-state index contributed by atoms with van der Waals surface area (Å²) < 4.78 is 7.29. The molecule has 0 fully saturated rings. The van der Waals surface area contributed by atoms with Crippen LogP contribution in [0.2, 0.25) is 0 Å². The van der Waals surface area contributed by atoms with Crippen molar-refractivity contribution in [2.45, 2.75) is 8.12 Å². The second-order valence-electron chi connectivity index (χ2n) is 3.61. The Balaban J connectivity index is 0.000000763. The van der Waals surface area contributed by atoms with Gasteiger partial charge >= 0.3 is 10.7 Å². The van der Waals surface area contributed by atoms with Gasteiger partial charge in [-0.1, -0.05) is 24.8 Å². The molecule has 9 heteroatoms. The topological polar surface area (TPSA) is 96.2 Å². The monoisotopic (exact) mass is 504 g/mol. The third-order valence-electron chi connectivity index (χ3n) is 1.90. The molecule has 0 aromatic heterocycles. The first kappa shape index (κ1) is 21.6. The van der Waals surface area contributed by atoms with Crippen molar-refractivity contribution in [3.63, 3.8) is 0 Å². The largest absolute Gasteiger partial charge is 0.478 e. The summed E-state index contributed by atoms with van der Waals surface area (Å²) >= 11 is 9.25. The molecule has 0 saturated heterocycles. The average Bonchev–Trinajstić information content (AvgIpc) is 2.46. The van der Waals surface area contributed by atoms with Crippen molar-refractivity contribution in [3.8, 4) is 5.75 Å². The summed E-state index contributed by atoms with van der Waals surface area (Å²) in [7, 11) is 0. The zero-order chi connectivity index (χ0) is 17.2. The van der Waals surface area contributed by atoms with Gasteiger partial charge in [-0.2, -0.15) is 0 Å². The lowest BCUT2D eigenvalue weighted by molar-refractivity contribution is -0.131. The number of para-hydroxylation sites is 1. The van der Waals surface area contributed by atoms with Gasteiger partial charge in [0.15, 0.2) is 0 Å². The first-order valence-electron chi connectivity index (χ1n) is 5.79. The Morgan fingerprint density at radius 1 is 1.27 bits per heavy atom. The quantitative estimate of drug-likeness (QED) is 0.299. The van der Waals surface area contributed by atoms with Crippen LogP contribution < -0.4 is 4.74 Å². The Hall–Kier alpha value is -0.450. The molecule has 0 amide bonds. The van der Waals surface area contributed by atoms with E-state index in [0.717, 1.165) is 6.08 Å². The summed E-state index contributed by atoms with van der Waals surface area (Å²) in [6.07, 6.45) is 0.833. The lowest BCUT2D eigenvalue weighted by atomic mass is 10.3. The smallest absolute Gasteiger partial charge is 0.327 e. The zero-order valence-corrected chi connectivity index (χ0v) is 16.0. The van der Waals surface area contributed by atoms with E-state index in [1.54, 1.807) is 24.3 Å². The highest BCUT2D eigenvalue weighted by atomic mass is 79.9. The molecular weight excluding hydrogens is 492 g/mol. The number of benzene rings is 1. The minimum atomic E-state index is -1.84. The molecule has 0 aliphatic rings. The minimum absolute atomic E-state index is 0.0303. The van der Waals surface area contributed by atoms with Gasteiger partial charge in [-0.05, 0) is 59.9 Å². The van der Waals surface area contributed by atoms with Crippen molar-refractivity contribution in [2.75, 3.05) is 13.2 Å². The summed E-state index contributed by atoms with van der Waals surface area (Å²) in [4.78, 5) is 9.25. The van der Waals surface area contributed by atoms with E-state index >= 15 is 0 Å². The molecule has 6 nitrogen and oxygen atoms in total. The third-order valence-corrected chi connectivity index (χ3v) is 5.22. The van der Waals surface area contributed by atoms with Gasteiger partial charge in [0, 0.05) is 6.08 Å². The maximum absolute atomic E-state index is 10.1. The molecule has 3 N–H and O–H groups in total. The van der Waals surface area contributed by atoms with Crippen LogP contribution in [-0.4, -0.2) is 42.6 Å². The van der Waals surface area contributed by atoms with E-state index in [1.165, 1.54) is 0 Å². The predicted octanol–water partition coefficient (Wildman–Crippen LogP) is 2.82. The molecule has 1 aromatic rings. The Bertz CT molecular complexity index is 464. The van der Waals surface area contributed by atoms with Crippen molar-refractivity contribution in [3.05, 3.63) is 43.0 Å². The fourth-order valence-corrected chi connectivity index (χ4v) is 1.75. The number of carboxylic acid groups (broad SMARTS) is 1.